The number of hydrogen-bond acceptors (Lipinski definition) is 3. The molecule has 0 saturated carbocycles. The van der Waals surface area contributed by atoms with Crippen LogP contribution in [0.2, 0.25) is 0 Å². The first-order valence-electron chi connectivity index (χ1n) is 6.08. The van der Waals surface area contributed by atoms with Crippen molar-refractivity contribution in [3.05, 3.63) is 0 Å². The van der Waals surface area contributed by atoms with Gasteiger partial charge in [-0.15, -0.1) is 0 Å². The van der Waals surface area contributed by atoms with E-state index in [4.69, 9.17) is 9.47 Å². The molecule has 1 amide bonds. The SMILES string of the molecule is CC(C)(C)COCCNC(=O)COC(C)(C)C. The van der Waals surface area contributed by atoms with Crippen LogP contribution in [0.3, 0.4) is 0 Å². The second-order valence-corrected chi connectivity index (χ2v) is 6.36. The molecule has 0 rings (SSSR count). The van der Waals surface area contributed by atoms with E-state index in [0.717, 1.165) is 0 Å². The first-order valence-corrected chi connectivity index (χ1v) is 6.08. The topological polar surface area (TPSA) is 47.6 Å². The predicted molar refractivity (Wildman–Crippen MR) is 69.0 cm³/mol. The zero-order valence-electron chi connectivity index (χ0n) is 12.1. The first kappa shape index (κ1) is 16.4. The summed E-state index contributed by atoms with van der Waals surface area (Å²) < 4.78 is 10.8. The van der Waals surface area contributed by atoms with E-state index in [9.17, 15) is 4.79 Å². The molecule has 0 aromatic carbocycles. The smallest absolute Gasteiger partial charge is 0.246 e. The Morgan fingerprint density at radius 1 is 1.12 bits per heavy atom. The van der Waals surface area contributed by atoms with E-state index in [0.29, 0.717) is 19.8 Å². The maximum Gasteiger partial charge on any atom is 0.246 e. The third-order valence-corrected chi connectivity index (χ3v) is 1.74. The largest absolute Gasteiger partial charge is 0.379 e. The summed E-state index contributed by atoms with van der Waals surface area (Å²) in [7, 11) is 0. The standard InChI is InChI=1S/C13H27NO3/c1-12(2,3)10-16-8-7-14-11(15)9-17-13(4,5)6/h7-10H2,1-6H3,(H,14,15). The molecule has 0 aromatic rings. The van der Waals surface area contributed by atoms with Crippen molar-refractivity contribution in [2.45, 2.75) is 47.1 Å². The minimum Gasteiger partial charge on any atom is -0.379 e. The molecule has 0 aromatic heterocycles. The summed E-state index contributed by atoms with van der Waals surface area (Å²) in [6, 6.07) is 0. The highest BCUT2D eigenvalue weighted by Crippen LogP contribution is 2.12. The van der Waals surface area contributed by atoms with E-state index in [1.165, 1.54) is 0 Å². The van der Waals surface area contributed by atoms with Gasteiger partial charge in [0.05, 0.1) is 18.8 Å². The molecule has 0 atom stereocenters. The maximum atomic E-state index is 11.4. The molecule has 0 heterocycles. The number of ether oxygens (including phenoxy) is 2. The molecule has 4 heteroatoms. The van der Waals surface area contributed by atoms with Gasteiger partial charge in [-0.2, -0.15) is 0 Å². The van der Waals surface area contributed by atoms with Gasteiger partial charge in [0.25, 0.3) is 0 Å². The highest BCUT2D eigenvalue weighted by molar-refractivity contribution is 5.77. The van der Waals surface area contributed by atoms with Crippen LogP contribution in [0, 0.1) is 5.41 Å². The van der Waals surface area contributed by atoms with Crippen molar-refractivity contribution in [2.24, 2.45) is 5.41 Å². The van der Waals surface area contributed by atoms with Crippen molar-refractivity contribution in [1.29, 1.82) is 0 Å². The Labute approximate surface area is 105 Å². The van der Waals surface area contributed by atoms with Crippen molar-refractivity contribution in [3.63, 3.8) is 0 Å². The first-order chi connectivity index (χ1) is 7.60. The van der Waals surface area contributed by atoms with Crippen molar-refractivity contribution >= 4 is 5.91 Å². The summed E-state index contributed by atoms with van der Waals surface area (Å²) in [6.07, 6.45) is 0. The Hall–Kier alpha value is -0.610. The number of amides is 1. The lowest BCUT2D eigenvalue weighted by Gasteiger charge is -2.19. The molecule has 1 N–H and O–H groups in total. The van der Waals surface area contributed by atoms with Gasteiger partial charge in [-0.1, -0.05) is 20.8 Å². The van der Waals surface area contributed by atoms with Crippen molar-refractivity contribution < 1.29 is 14.3 Å². The fraction of sp³-hybridized carbons (Fsp3) is 0.923. The van der Waals surface area contributed by atoms with Gasteiger partial charge in [0.15, 0.2) is 0 Å². The van der Waals surface area contributed by atoms with Gasteiger partial charge in [0, 0.05) is 6.54 Å². The lowest BCUT2D eigenvalue weighted by atomic mass is 9.99. The van der Waals surface area contributed by atoms with Gasteiger partial charge in [0.2, 0.25) is 5.91 Å². The molecule has 17 heavy (non-hydrogen) atoms. The van der Waals surface area contributed by atoms with E-state index in [1.807, 2.05) is 20.8 Å². The molecule has 0 radical (unpaired) electrons. The molecule has 0 aliphatic carbocycles. The second kappa shape index (κ2) is 6.97. The third kappa shape index (κ3) is 13.3. The van der Waals surface area contributed by atoms with Crippen molar-refractivity contribution in [2.75, 3.05) is 26.4 Å². The van der Waals surface area contributed by atoms with Crippen LogP contribution in [0.1, 0.15) is 41.5 Å². The fourth-order valence-electron chi connectivity index (χ4n) is 0.974. The molecular formula is C13H27NO3. The Kier molecular flexibility index (Phi) is 6.72. The molecular weight excluding hydrogens is 218 g/mol. The number of carbonyl (C=O) groups is 1. The molecule has 0 fully saturated rings. The quantitative estimate of drug-likeness (QED) is 0.728. The van der Waals surface area contributed by atoms with Crippen LogP contribution in [-0.4, -0.2) is 37.9 Å². The fourth-order valence-corrected chi connectivity index (χ4v) is 0.974. The maximum absolute atomic E-state index is 11.4. The van der Waals surface area contributed by atoms with Crippen molar-refractivity contribution in [1.82, 2.24) is 5.32 Å². The highest BCUT2D eigenvalue weighted by Gasteiger charge is 2.13. The molecule has 0 aliphatic rings. The number of rotatable bonds is 6. The Morgan fingerprint density at radius 3 is 2.18 bits per heavy atom. The average Bonchev–Trinajstić information content (AvgIpc) is 2.11. The molecule has 102 valence electrons. The van der Waals surface area contributed by atoms with Gasteiger partial charge in [-0.25, -0.2) is 0 Å². The number of hydrogen-bond donors (Lipinski definition) is 1. The second-order valence-electron chi connectivity index (χ2n) is 6.36. The Bertz CT molecular complexity index is 226. The van der Waals surface area contributed by atoms with E-state index in [2.05, 4.69) is 26.1 Å². The molecule has 0 aliphatic heterocycles. The zero-order chi connectivity index (χ0) is 13.5. The van der Waals surface area contributed by atoms with Gasteiger partial charge in [-0.3, -0.25) is 4.79 Å². The molecule has 0 spiro atoms. The zero-order valence-corrected chi connectivity index (χ0v) is 12.1. The van der Waals surface area contributed by atoms with Crippen LogP contribution in [0.4, 0.5) is 0 Å². The molecule has 0 saturated heterocycles. The predicted octanol–water partition coefficient (Wildman–Crippen LogP) is 1.98. The molecule has 4 nitrogen and oxygen atoms in total. The van der Waals surface area contributed by atoms with Crippen LogP contribution in [0.5, 0.6) is 0 Å². The lowest BCUT2D eigenvalue weighted by Crippen LogP contribution is -2.34. The van der Waals surface area contributed by atoms with Gasteiger partial charge < -0.3 is 14.8 Å². The average molecular weight is 245 g/mol. The number of nitrogens with one attached hydrogen (secondary N) is 1. The van der Waals surface area contributed by atoms with Crippen LogP contribution >= 0.6 is 0 Å². The minimum absolute atomic E-state index is 0.0979. The lowest BCUT2D eigenvalue weighted by molar-refractivity contribution is -0.130. The summed E-state index contributed by atoms with van der Waals surface area (Å²) in [4.78, 5) is 11.4. The highest BCUT2D eigenvalue weighted by atomic mass is 16.5. The summed E-state index contributed by atoms with van der Waals surface area (Å²) in [6.45, 7) is 14.0. The molecule has 0 bridgehead atoms. The normalized spacial score (nSPS) is 12.6. The van der Waals surface area contributed by atoms with Crippen LogP contribution in [0.15, 0.2) is 0 Å². The van der Waals surface area contributed by atoms with E-state index >= 15 is 0 Å². The minimum atomic E-state index is -0.278. The number of carbonyl (C=O) groups excluding carboxylic acids is 1. The Morgan fingerprint density at radius 2 is 1.71 bits per heavy atom. The summed E-state index contributed by atoms with van der Waals surface area (Å²) in [5, 5.41) is 2.75. The third-order valence-electron chi connectivity index (χ3n) is 1.74. The Balaban J connectivity index is 3.47. The van der Waals surface area contributed by atoms with E-state index in [-0.39, 0.29) is 23.5 Å². The monoisotopic (exact) mass is 245 g/mol. The summed E-state index contributed by atoms with van der Waals surface area (Å²) in [5.74, 6) is -0.0979. The van der Waals surface area contributed by atoms with Gasteiger partial charge in [0.1, 0.15) is 6.61 Å². The van der Waals surface area contributed by atoms with Crippen LogP contribution in [-0.2, 0) is 14.3 Å². The molecule has 0 unspecified atom stereocenters. The van der Waals surface area contributed by atoms with Gasteiger partial charge in [-0.05, 0) is 26.2 Å². The summed E-state index contributed by atoms with van der Waals surface area (Å²) >= 11 is 0. The van der Waals surface area contributed by atoms with Gasteiger partial charge >= 0.3 is 0 Å². The van der Waals surface area contributed by atoms with Crippen LogP contribution in [0.25, 0.3) is 0 Å². The van der Waals surface area contributed by atoms with E-state index in [1.54, 1.807) is 0 Å². The van der Waals surface area contributed by atoms with Crippen LogP contribution < -0.4 is 5.32 Å². The van der Waals surface area contributed by atoms with E-state index < -0.39 is 0 Å². The summed E-state index contributed by atoms with van der Waals surface area (Å²) in [5.41, 5.74) is -0.112. The van der Waals surface area contributed by atoms with Crippen molar-refractivity contribution in [3.8, 4) is 0 Å².